The first kappa shape index (κ1) is 11.9. The van der Waals surface area contributed by atoms with Crippen molar-refractivity contribution in [2.24, 2.45) is 0 Å². The van der Waals surface area contributed by atoms with Crippen LogP contribution in [0.25, 0.3) is 5.57 Å². The van der Waals surface area contributed by atoms with Crippen molar-refractivity contribution in [2.75, 3.05) is 18.5 Å². The van der Waals surface area contributed by atoms with Crippen LogP contribution in [0, 0.1) is 0 Å². The van der Waals surface area contributed by atoms with Crippen molar-refractivity contribution in [2.45, 2.75) is 26.2 Å². The maximum atomic E-state index is 10.5. The topological polar surface area (TPSA) is 20.3 Å². The van der Waals surface area contributed by atoms with E-state index in [1.165, 1.54) is 17.7 Å². The molecule has 17 heavy (non-hydrogen) atoms. The summed E-state index contributed by atoms with van der Waals surface area (Å²) in [5.74, 6) is 0.602. The molecule has 1 aromatic rings. The third kappa shape index (κ3) is 2.26. The van der Waals surface area contributed by atoms with Gasteiger partial charge in [-0.2, -0.15) is 0 Å². The van der Waals surface area contributed by atoms with Gasteiger partial charge >= 0.3 is 0 Å². The zero-order chi connectivity index (χ0) is 12.4. The third-order valence-electron chi connectivity index (χ3n) is 3.64. The van der Waals surface area contributed by atoms with Crippen LogP contribution in [0.2, 0.25) is 0 Å². The SMILES string of the molecule is C/C(=C/C=O)c1ccc2c(c1)C(C)CCN2C. The molecule has 0 aromatic heterocycles. The Morgan fingerprint density at radius 1 is 1.47 bits per heavy atom. The summed E-state index contributed by atoms with van der Waals surface area (Å²) in [7, 11) is 2.14. The first-order chi connectivity index (χ1) is 8.13. The second kappa shape index (κ2) is 4.74. The Labute approximate surface area is 103 Å². The van der Waals surface area contributed by atoms with E-state index in [9.17, 15) is 4.79 Å². The summed E-state index contributed by atoms with van der Waals surface area (Å²) in [6.07, 6.45) is 3.67. The molecule has 2 nitrogen and oxygen atoms in total. The zero-order valence-electron chi connectivity index (χ0n) is 10.7. The van der Waals surface area contributed by atoms with Crippen LogP contribution < -0.4 is 4.90 Å². The van der Waals surface area contributed by atoms with Crippen LogP contribution in [-0.2, 0) is 4.79 Å². The Morgan fingerprint density at radius 3 is 2.94 bits per heavy atom. The number of fused-ring (bicyclic) bond motifs is 1. The lowest BCUT2D eigenvalue weighted by Crippen LogP contribution is -2.26. The van der Waals surface area contributed by atoms with Crippen molar-refractivity contribution in [3.05, 3.63) is 35.4 Å². The summed E-state index contributed by atoms with van der Waals surface area (Å²) >= 11 is 0. The van der Waals surface area contributed by atoms with E-state index < -0.39 is 0 Å². The van der Waals surface area contributed by atoms with Gasteiger partial charge in [0.25, 0.3) is 0 Å². The largest absolute Gasteiger partial charge is 0.374 e. The summed E-state index contributed by atoms with van der Waals surface area (Å²) < 4.78 is 0. The van der Waals surface area contributed by atoms with Crippen LogP contribution >= 0.6 is 0 Å². The van der Waals surface area contributed by atoms with Crippen LogP contribution in [0.3, 0.4) is 0 Å². The number of aldehydes is 1. The Balaban J connectivity index is 2.45. The second-order valence-electron chi connectivity index (χ2n) is 4.87. The normalized spacial score (nSPS) is 20.1. The molecule has 1 unspecified atom stereocenters. The molecular formula is C15H19NO. The minimum absolute atomic E-state index is 0.602. The van der Waals surface area contributed by atoms with Gasteiger partial charge < -0.3 is 4.90 Å². The second-order valence-corrected chi connectivity index (χ2v) is 4.87. The molecule has 0 bridgehead atoms. The van der Waals surface area contributed by atoms with Gasteiger partial charge in [-0.3, -0.25) is 4.79 Å². The van der Waals surface area contributed by atoms with Crippen molar-refractivity contribution < 1.29 is 4.79 Å². The number of hydrogen-bond donors (Lipinski definition) is 0. The number of anilines is 1. The van der Waals surface area contributed by atoms with E-state index in [4.69, 9.17) is 0 Å². The Morgan fingerprint density at radius 2 is 2.24 bits per heavy atom. The molecule has 1 aromatic carbocycles. The van der Waals surface area contributed by atoms with Crippen molar-refractivity contribution >= 4 is 17.5 Å². The number of benzene rings is 1. The molecule has 0 saturated heterocycles. The number of nitrogens with zero attached hydrogens (tertiary/aromatic N) is 1. The van der Waals surface area contributed by atoms with E-state index in [0.717, 1.165) is 24.0 Å². The van der Waals surface area contributed by atoms with Crippen LogP contribution in [0.15, 0.2) is 24.3 Å². The molecule has 1 heterocycles. The fraction of sp³-hybridized carbons (Fsp3) is 0.400. The maximum Gasteiger partial charge on any atom is 0.143 e. The third-order valence-corrected chi connectivity index (χ3v) is 3.64. The van der Waals surface area contributed by atoms with E-state index in [-0.39, 0.29) is 0 Å². The zero-order valence-corrected chi connectivity index (χ0v) is 10.7. The molecule has 0 N–H and O–H groups in total. The molecule has 0 spiro atoms. The van der Waals surface area contributed by atoms with E-state index in [0.29, 0.717) is 5.92 Å². The molecule has 2 heteroatoms. The number of hydrogen-bond acceptors (Lipinski definition) is 2. The molecule has 0 saturated carbocycles. The van der Waals surface area contributed by atoms with Crippen LogP contribution in [0.4, 0.5) is 5.69 Å². The number of allylic oxidation sites excluding steroid dienone is 2. The van der Waals surface area contributed by atoms with Gasteiger partial charge in [0.2, 0.25) is 0 Å². The van der Waals surface area contributed by atoms with Gasteiger partial charge in [-0.1, -0.05) is 13.0 Å². The smallest absolute Gasteiger partial charge is 0.143 e. The molecule has 0 amide bonds. The van der Waals surface area contributed by atoms with E-state index >= 15 is 0 Å². The van der Waals surface area contributed by atoms with E-state index in [1.54, 1.807) is 6.08 Å². The highest BCUT2D eigenvalue weighted by molar-refractivity contribution is 5.81. The number of carbonyl (C=O) groups is 1. The Hall–Kier alpha value is -1.57. The molecule has 90 valence electrons. The molecule has 0 aliphatic carbocycles. The fourth-order valence-corrected chi connectivity index (χ4v) is 2.40. The summed E-state index contributed by atoms with van der Waals surface area (Å²) in [4.78, 5) is 12.8. The summed E-state index contributed by atoms with van der Waals surface area (Å²) in [5, 5.41) is 0. The standard InChI is InChI=1S/C15H19NO/c1-11(7-9-17)13-4-5-15-14(10-13)12(2)6-8-16(15)3/h4-5,7,9-10,12H,6,8H2,1-3H3/b11-7-. The summed E-state index contributed by atoms with van der Waals surface area (Å²) in [6.45, 7) is 5.37. The van der Waals surface area contributed by atoms with Crippen LogP contribution in [0.1, 0.15) is 37.3 Å². The maximum absolute atomic E-state index is 10.5. The van der Waals surface area contributed by atoms with Gasteiger partial charge in [0.05, 0.1) is 0 Å². The van der Waals surface area contributed by atoms with Crippen molar-refractivity contribution in [1.82, 2.24) is 0 Å². The lowest BCUT2D eigenvalue weighted by molar-refractivity contribution is -0.104. The molecule has 0 fully saturated rings. The summed E-state index contributed by atoms with van der Waals surface area (Å²) in [6, 6.07) is 6.50. The van der Waals surface area contributed by atoms with Crippen molar-refractivity contribution in [3.63, 3.8) is 0 Å². The summed E-state index contributed by atoms with van der Waals surface area (Å²) in [5.41, 5.74) is 4.91. The number of carbonyl (C=O) groups excluding carboxylic acids is 1. The Kier molecular flexibility index (Phi) is 3.32. The van der Waals surface area contributed by atoms with Gasteiger partial charge in [-0.05, 0) is 54.2 Å². The average Bonchev–Trinajstić information content (AvgIpc) is 2.34. The monoisotopic (exact) mass is 229 g/mol. The highest BCUT2D eigenvalue weighted by atomic mass is 16.1. The lowest BCUT2D eigenvalue weighted by atomic mass is 9.89. The highest BCUT2D eigenvalue weighted by Gasteiger charge is 2.19. The first-order valence-corrected chi connectivity index (χ1v) is 6.11. The first-order valence-electron chi connectivity index (χ1n) is 6.11. The Bertz CT molecular complexity index is 462. The fourth-order valence-electron chi connectivity index (χ4n) is 2.40. The predicted molar refractivity (Wildman–Crippen MR) is 72.5 cm³/mol. The van der Waals surface area contributed by atoms with Gasteiger partial charge in [0.1, 0.15) is 6.29 Å². The van der Waals surface area contributed by atoms with Crippen LogP contribution in [-0.4, -0.2) is 19.9 Å². The minimum Gasteiger partial charge on any atom is -0.374 e. The van der Waals surface area contributed by atoms with Gasteiger partial charge in [0.15, 0.2) is 0 Å². The van der Waals surface area contributed by atoms with Crippen molar-refractivity contribution in [3.8, 4) is 0 Å². The molecular weight excluding hydrogens is 210 g/mol. The van der Waals surface area contributed by atoms with Gasteiger partial charge in [-0.15, -0.1) is 0 Å². The van der Waals surface area contributed by atoms with Crippen molar-refractivity contribution in [1.29, 1.82) is 0 Å². The molecule has 0 radical (unpaired) electrons. The highest BCUT2D eigenvalue weighted by Crippen LogP contribution is 2.35. The number of rotatable bonds is 2. The van der Waals surface area contributed by atoms with E-state index in [1.807, 2.05) is 6.92 Å². The quantitative estimate of drug-likeness (QED) is 0.573. The molecule has 1 atom stereocenters. The minimum atomic E-state index is 0.602. The predicted octanol–water partition coefficient (Wildman–Crippen LogP) is 3.23. The molecule has 2 rings (SSSR count). The molecule has 1 aliphatic rings. The average molecular weight is 229 g/mol. The van der Waals surface area contributed by atoms with Crippen LogP contribution in [0.5, 0.6) is 0 Å². The van der Waals surface area contributed by atoms with Gasteiger partial charge in [0, 0.05) is 19.3 Å². The lowest BCUT2D eigenvalue weighted by Gasteiger charge is -2.32. The molecule has 1 aliphatic heterocycles. The van der Waals surface area contributed by atoms with E-state index in [2.05, 4.69) is 37.1 Å². The van der Waals surface area contributed by atoms with Gasteiger partial charge in [-0.25, -0.2) is 0 Å².